The van der Waals surface area contributed by atoms with Crippen molar-refractivity contribution in [2.75, 3.05) is 0 Å². The number of hydrogen-bond acceptors (Lipinski definition) is 1. The summed E-state index contributed by atoms with van der Waals surface area (Å²) in [5.41, 5.74) is 9.37. The van der Waals surface area contributed by atoms with Crippen molar-refractivity contribution in [3.8, 4) is 11.3 Å². The van der Waals surface area contributed by atoms with Gasteiger partial charge in [0.05, 0.1) is 11.6 Å². The Morgan fingerprint density at radius 2 is 1.76 bits per heavy atom. The maximum atomic E-state index is 11.8. The Morgan fingerprint density at radius 3 is 2.43 bits per heavy atom. The summed E-state index contributed by atoms with van der Waals surface area (Å²) < 4.78 is 0. The Labute approximate surface area is 123 Å². The first-order chi connectivity index (χ1) is 10.2. The van der Waals surface area contributed by atoms with Gasteiger partial charge in [0, 0.05) is 16.5 Å². The number of nitrogens with one attached hydrogen (secondary N) is 1. The third-order valence-electron chi connectivity index (χ3n) is 3.66. The van der Waals surface area contributed by atoms with E-state index in [4.69, 9.17) is 5.73 Å². The highest BCUT2D eigenvalue weighted by atomic mass is 16.1. The second-order valence-electron chi connectivity index (χ2n) is 4.94. The highest BCUT2D eigenvalue weighted by Gasteiger charge is 2.23. The maximum Gasteiger partial charge on any atom is 0.228 e. The van der Waals surface area contributed by atoms with E-state index in [0.717, 1.165) is 27.7 Å². The van der Waals surface area contributed by atoms with E-state index < -0.39 is 11.8 Å². The molecular weight excluding hydrogens is 260 g/mol. The molecular formula is C18H16N2O. The fourth-order valence-electron chi connectivity index (χ4n) is 2.70. The number of primary amides is 1. The van der Waals surface area contributed by atoms with E-state index in [0.29, 0.717) is 0 Å². The number of benzene rings is 2. The normalized spacial score (nSPS) is 12.2. The highest BCUT2D eigenvalue weighted by molar-refractivity contribution is 5.98. The van der Waals surface area contributed by atoms with Gasteiger partial charge in [-0.3, -0.25) is 4.79 Å². The first-order valence-electron chi connectivity index (χ1n) is 6.80. The maximum absolute atomic E-state index is 11.8. The molecule has 0 fully saturated rings. The van der Waals surface area contributed by atoms with Crippen molar-refractivity contribution >= 4 is 16.8 Å². The van der Waals surface area contributed by atoms with E-state index in [1.54, 1.807) is 6.08 Å². The van der Waals surface area contributed by atoms with Crippen LogP contribution in [-0.4, -0.2) is 10.9 Å². The Balaban J connectivity index is 2.34. The fraction of sp³-hybridized carbons (Fsp3) is 0.0556. The lowest BCUT2D eigenvalue weighted by Gasteiger charge is -2.11. The number of carbonyl (C=O) groups excluding carboxylic acids is 1. The summed E-state index contributed by atoms with van der Waals surface area (Å²) in [5.74, 6) is -0.914. The quantitative estimate of drug-likeness (QED) is 0.703. The molecule has 1 atom stereocenters. The molecule has 0 aliphatic heterocycles. The number of aromatic nitrogens is 1. The third kappa shape index (κ3) is 2.23. The molecule has 0 aliphatic rings. The van der Waals surface area contributed by atoms with Crippen LogP contribution in [0.5, 0.6) is 0 Å². The van der Waals surface area contributed by atoms with Gasteiger partial charge in [0.15, 0.2) is 0 Å². The number of aromatic amines is 1. The van der Waals surface area contributed by atoms with Crippen molar-refractivity contribution in [2.45, 2.75) is 5.92 Å². The average molecular weight is 276 g/mol. The molecule has 3 aromatic rings. The van der Waals surface area contributed by atoms with Crippen molar-refractivity contribution in [3.63, 3.8) is 0 Å². The minimum atomic E-state index is -0.517. The molecule has 21 heavy (non-hydrogen) atoms. The third-order valence-corrected chi connectivity index (χ3v) is 3.66. The van der Waals surface area contributed by atoms with Gasteiger partial charge in [0.2, 0.25) is 5.91 Å². The van der Waals surface area contributed by atoms with Crippen LogP contribution in [0.1, 0.15) is 11.5 Å². The molecule has 1 amide bonds. The lowest BCUT2D eigenvalue weighted by molar-refractivity contribution is -0.118. The van der Waals surface area contributed by atoms with Crippen LogP contribution in [0.25, 0.3) is 22.2 Å². The Bertz CT molecular complexity index is 802. The Kier molecular flexibility index (Phi) is 3.32. The number of rotatable bonds is 4. The molecule has 3 rings (SSSR count). The van der Waals surface area contributed by atoms with Crippen molar-refractivity contribution in [1.82, 2.24) is 4.98 Å². The predicted octanol–water partition coefficient (Wildman–Crippen LogP) is 3.59. The number of hydrogen-bond donors (Lipinski definition) is 2. The van der Waals surface area contributed by atoms with Gasteiger partial charge in [0.25, 0.3) is 0 Å². The minimum absolute atomic E-state index is 0.396. The molecule has 2 aromatic carbocycles. The number of nitrogens with two attached hydrogens (primary N) is 1. The minimum Gasteiger partial charge on any atom is -0.369 e. The molecule has 0 saturated carbocycles. The molecule has 1 aromatic heterocycles. The van der Waals surface area contributed by atoms with Crippen LogP contribution in [-0.2, 0) is 4.79 Å². The average Bonchev–Trinajstić information content (AvgIpc) is 2.88. The van der Waals surface area contributed by atoms with Crippen LogP contribution in [0, 0.1) is 0 Å². The lowest BCUT2D eigenvalue weighted by atomic mass is 9.93. The van der Waals surface area contributed by atoms with E-state index in [2.05, 4.69) is 11.6 Å². The second kappa shape index (κ2) is 5.29. The summed E-state index contributed by atoms with van der Waals surface area (Å²) in [6.07, 6.45) is 1.60. The first-order valence-corrected chi connectivity index (χ1v) is 6.80. The van der Waals surface area contributed by atoms with Crippen LogP contribution in [0.4, 0.5) is 0 Å². The molecule has 0 radical (unpaired) electrons. The summed E-state index contributed by atoms with van der Waals surface area (Å²) in [6, 6.07) is 17.8. The molecule has 3 heteroatoms. The van der Waals surface area contributed by atoms with Crippen LogP contribution in [0.3, 0.4) is 0 Å². The van der Waals surface area contributed by atoms with Gasteiger partial charge < -0.3 is 10.7 Å². The van der Waals surface area contributed by atoms with Crippen LogP contribution < -0.4 is 5.73 Å². The van der Waals surface area contributed by atoms with Gasteiger partial charge >= 0.3 is 0 Å². The number of fused-ring (bicyclic) bond motifs is 1. The number of para-hydroxylation sites is 1. The van der Waals surface area contributed by atoms with Gasteiger partial charge in [-0.15, -0.1) is 6.58 Å². The molecule has 104 valence electrons. The van der Waals surface area contributed by atoms with E-state index in [-0.39, 0.29) is 0 Å². The summed E-state index contributed by atoms with van der Waals surface area (Å²) in [5, 5.41) is 1.00. The predicted molar refractivity (Wildman–Crippen MR) is 85.9 cm³/mol. The van der Waals surface area contributed by atoms with E-state index in [9.17, 15) is 4.79 Å². The molecule has 3 N–H and O–H groups in total. The Hall–Kier alpha value is -2.81. The topological polar surface area (TPSA) is 58.9 Å². The largest absolute Gasteiger partial charge is 0.369 e. The number of amides is 1. The number of carbonyl (C=O) groups is 1. The van der Waals surface area contributed by atoms with Crippen LogP contribution in [0.15, 0.2) is 67.3 Å². The summed E-state index contributed by atoms with van der Waals surface area (Å²) >= 11 is 0. The van der Waals surface area contributed by atoms with Crippen molar-refractivity contribution in [1.29, 1.82) is 0 Å². The highest BCUT2D eigenvalue weighted by Crippen LogP contribution is 2.35. The molecule has 1 heterocycles. The summed E-state index contributed by atoms with van der Waals surface area (Å²) in [4.78, 5) is 15.2. The molecule has 0 spiro atoms. The Morgan fingerprint density at radius 1 is 1.10 bits per heavy atom. The van der Waals surface area contributed by atoms with Gasteiger partial charge in [0.1, 0.15) is 0 Å². The fourth-order valence-corrected chi connectivity index (χ4v) is 2.70. The molecule has 3 nitrogen and oxygen atoms in total. The standard InChI is InChI=1S/C18H16N2O/c1-2-13(18(19)21)16-14-10-6-7-11-15(14)20-17(16)12-8-4-3-5-9-12/h2-11,13,20H,1H2,(H2,19,21). The van der Waals surface area contributed by atoms with Crippen LogP contribution in [0.2, 0.25) is 0 Å². The monoisotopic (exact) mass is 276 g/mol. The van der Waals surface area contributed by atoms with Gasteiger partial charge in [-0.1, -0.05) is 54.6 Å². The smallest absolute Gasteiger partial charge is 0.228 e. The second-order valence-corrected chi connectivity index (χ2v) is 4.94. The summed E-state index contributed by atoms with van der Waals surface area (Å²) in [6.45, 7) is 3.77. The lowest BCUT2D eigenvalue weighted by Crippen LogP contribution is -2.19. The zero-order valence-corrected chi connectivity index (χ0v) is 11.5. The van der Waals surface area contributed by atoms with E-state index in [1.807, 2.05) is 54.6 Å². The van der Waals surface area contributed by atoms with Crippen molar-refractivity contribution in [2.24, 2.45) is 5.73 Å². The van der Waals surface area contributed by atoms with Gasteiger partial charge in [-0.2, -0.15) is 0 Å². The molecule has 0 saturated heterocycles. The molecule has 1 unspecified atom stereocenters. The SMILES string of the molecule is C=CC(C(N)=O)c1c(-c2ccccc2)[nH]c2ccccc12. The van der Waals surface area contributed by atoms with E-state index >= 15 is 0 Å². The van der Waals surface area contributed by atoms with Crippen molar-refractivity contribution in [3.05, 3.63) is 72.8 Å². The van der Waals surface area contributed by atoms with E-state index in [1.165, 1.54) is 0 Å². The zero-order chi connectivity index (χ0) is 14.8. The van der Waals surface area contributed by atoms with Gasteiger partial charge in [-0.05, 0) is 11.6 Å². The molecule has 0 bridgehead atoms. The zero-order valence-electron chi connectivity index (χ0n) is 11.5. The van der Waals surface area contributed by atoms with Crippen molar-refractivity contribution < 1.29 is 4.79 Å². The summed E-state index contributed by atoms with van der Waals surface area (Å²) in [7, 11) is 0. The van der Waals surface area contributed by atoms with Crippen LogP contribution >= 0.6 is 0 Å². The number of H-pyrrole nitrogens is 1. The first kappa shape index (κ1) is 13.2. The van der Waals surface area contributed by atoms with Gasteiger partial charge in [-0.25, -0.2) is 0 Å². The molecule has 0 aliphatic carbocycles.